The number of carbonyl (C=O) groups is 1. The molecular formula is C23H40IN5O2S. The number of nitrogens with one attached hydrogen (secondary N) is 1. The number of guanidine groups is 1. The Kier molecular flexibility index (Phi) is 10.1. The number of thiazole rings is 1. The first-order chi connectivity index (χ1) is 14.7. The van der Waals surface area contributed by atoms with Crippen molar-refractivity contribution >= 4 is 47.4 Å². The van der Waals surface area contributed by atoms with Gasteiger partial charge in [-0.25, -0.2) is 9.78 Å². The largest absolute Gasteiger partial charge is 0.444 e. The number of likely N-dealkylation sites (tertiary alicyclic amines) is 1. The van der Waals surface area contributed by atoms with Crippen LogP contribution in [0.4, 0.5) is 4.79 Å². The first-order valence-corrected chi connectivity index (χ1v) is 12.4. The van der Waals surface area contributed by atoms with Crippen LogP contribution in [0.1, 0.15) is 76.9 Å². The normalized spacial score (nSPS) is 17.8. The van der Waals surface area contributed by atoms with Gasteiger partial charge < -0.3 is 19.9 Å². The summed E-state index contributed by atoms with van der Waals surface area (Å²) in [6, 6.07) is 0.233. The van der Waals surface area contributed by atoms with Gasteiger partial charge in [0.25, 0.3) is 0 Å². The van der Waals surface area contributed by atoms with Crippen LogP contribution < -0.4 is 5.32 Å². The number of rotatable bonds is 6. The van der Waals surface area contributed by atoms with Gasteiger partial charge in [-0.3, -0.25) is 4.99 Å². The molecule has 1 aromatic rings. The third-order valence-corrected chi connectivity index (χ3v) is 6.88. The Morgan fingerprint density at radius 1 is 1.31 bits per heavy atom. The lowest BCUT2D eigenvalue weighted by Gasteiger charge is -2.40. The smallest absolute Gasteiger partial charge is 0.410 e. The van der Waals surface area contributed by atoms with E-state index in [0.717, 1.165) is 44.1 Å². The van der Waals surface area contributed by atoms with Crippen molar-refractivity contribution in [3.05, 3.63) is 16.1 Å². The van der Waals surface area contributed by atoms with E-state index in [2.05, 4.69) is 34.4 Å². The molecule has 32 heavy (non-hydrogen) atoms. The van der Waals surface area contributed by atoms with Gasteiger partial charge >= 0.3 is 6.09 Å². The van der Waals surface area contributed by atoms with Gasteiger partial charge in [0.1, 0.15) is 5.60 Å². The lowest BCUT2D eigenvalue weighted by molar-refractivity contribution is 0.00928. The molecule has 3 rings (SSSR count). The Morgan fingerprint density at radius 2 is 1.97 bits per heavy atom. The Hall–Kier alpha value is -1.10. The van der Waals surface area contributed by atoms with E-state index < -0.39 is 5.60 Å². The van der Waals surface area contributed by atoms with Crippen LogP contribution in [-0.2, 0) is 11.3 Å². The molecule has 182 valence electrons. The number of halogens is 1. The molecule has 1 saturated carbocycles. The average Bonchev–Trinajstić information content (AvgIpc) is 3.40. The minimum absolute atomic E-state index is 0. The number of piperidine rings is 1. The maximum atomic E-state index is 12.9. The standard InChI is InChI=1S/C23H39N5O2S.HI/c1-16(2)20-26-18(15-31-20)13-25-21(24-6)27-11-9-19(10-12-27)28(14-17-7-8-17)22(29)30-23(3,4)5;/h15-17,19H,7-14H2,1-6H3,(H,24,25);1H. The molecule has 1 amide bonds. The number of hydrogen-bond donors (Lipinski definition) is 1. The Balaban J connectivity index is 0.00000363. The van der Waals surface area contributed by atoms with Crippen molar-refractivity contribution < 1.29 is 9.53 Å². The molecule has 1 aliphatic heterocycles. The number of amides is 1. The summed E-state index contributed by atoms with van der Waals surface area (Å²) in [7, 11) is 1.83. The monoisotopic (exact) mass is 577 g/mol. The van der Waals surface area contributed by atoms with Crippen LogP contribution in [0.25, 0.3) is 0 Å². The van der Waals surface area contributed by atoms with Crippen LogP contribution in [0.3, 0.4) is 0 Å². The summed E-state index contributed by atoms with van der Waals surface area (Å²) in [6.45, 7) is 13.4. The molecule has 1 aliphatic carbocycles. The number of aliphatic imine (C=N–C) groups is 1. The van der Waals surface area contributed by atoms with Crippen LogP contribution in [0.15, 0.2) is 10.4 Å². The third-order valence-electron chi connectivity index (χ3n) is 5.69. The zero-order chi connectivity index (χ0) is 22.6. The van der Waals surface area contributed by atoms with Crippen molar-refractivity contribution in [3.8, 4) is 0 Å². The van der Waals surface area contributed by atoms with Gasteiger partial charge in [-0.1, -0.05) is 13.8 Å². The van der Waals surface area contributed by atoms with Gasteiger partial charge in [-0.05, 0) is 52.4 Å². The molecule has 0 bridgehead atoms. The maximum Gasteiger partial charge on any atom is 0.410 e. The van der Waals surface area contributed by atoms with E-state index in [9.17, 15) is 4.79 Å². The maximum absolute atomic E-state index is 12.9. The first-order valence-electron chi connectivity index (χ1n) is 11.6. The summed E-state index contributed by atoms with van der Waals surface area (Å²) >= 11 is 1.72. The highest BCUT2D eigenvalue weighted by molar-refractivity contribution is 14.0. The van der Waals surface area contributed by atoms with E-state index in [4.69, 9.17) is 9.72 Å². The molecular weight excluding hydrogens is 537 g/mol. The van der Waals surface area contributed by atoms with Crippen molar-refractivity contribution in [2.24, 2.45) is 10.9 Å². The van der Waals surface area contributed by atoms with Gasteiger partial charge in [0.15, 0.2) is 5.96 Å². The lowest BCUT2D eigenvalue weighted by Crippen LogP contribution is -2.52. The van der Waals surface area contributed by atoms with Crippen LogP contribution in [0.5, 0.6) is 0 Å². The topological polar surface area (TPSA) is 70.1 Å². The Bertz CT molecular complexity index is 765. The first kappa shape index (κ1) is 27.1. The Morgan fingerprint density at radius 3 is 2.47 bits per heavy atom. The van der Waals surface area contributed by atoms with E-state index in [1.807, 2.05) is 32.7 Å². The third kappa shape index (κ3) is 8.04. The molecule has 7 nitrogen and oxygen atoms in total. The van der Waals surface area contributed by atoms with E-state index in [-0.39, 0.29) is 36.1 Å². The molecule has 2 heterocycles. The minimum Gasteiger partial charge on any atom is -0.444 e. The highest BCUT2D eigenvalue weighted by atomic mass is 127. The van der Waals surface area contributed by atoms with Gasteiger partial charge in [-0.2, -0.15) is 0 Å². The fraction of sp³-hybridized carbons (Fsp3) is 0.783. The fourth-order valence-corrected chi connectivity index (χ4v) is 4.67. The summed E-state index contributed by atoms with van der Waals surface area (Å²) in [5.74, 6) is 2.01. The zero-order valence-corrected chi connectivity index (χ0v) is 23.5. The number of aromatic nitrogens is 1. The molecule has 0 atom stereocenters. The van der Waals surface area contributed by atoms with E-state index in [1.54, 1.807) is 11.3 Å². The van der Waals surface area contributed by atoms with Crippen molar-refractivity contribution in [1.29, 1.82) is 0 Å². The summed E-state index contributed by atoms with van der Waals surface area (Å²) in [4.78, 5) is 26.3. The van der Waals surface area contributed by atoms with Gasteiger partial charge in [0.2, 0.25) is 0 Å². The van der Waals surface area contributed by atoms with Crippen LogP contribution >= 0.6 is 35.3 Å². The molecule has 2 aliphatic rings. The van der Waals surface area contributed by atoms with Gasteiger partial charge in [0.05, 0.1) is 17.2 Å². The average molecular weight is 578 g/mol. The van der Waals surface area contributed by atoms with Crippen LogP contribution in [0, 0.1) is 5.92 Å². The van der Waals surface area contributed by atoms with Crippen molar-refractivity contribution in [3.63, 3.8) is 0 Å². The van der Waals surface area contributed by atoms with Gasteiger partial charge in [-0.15, -0.1) is 35.3 Å². The second kappa shape index (κ2) is 11.9. The molecule has 2 fully saturated rings. The van der Waals surface area contributed by atoms with E-state index in [1.165, 1.54) is 17.8 Å². The SMILES string of the molecule is CN=C(NCc1csc(C(C)C)n1)N1CCC(N(CC2CC2)C(=O)OC(C)(C)C)CC1.I. The number of nitrogens with zero attached hydrogens (tertiary/aromatic N) is 4. The molecule has 9 heteroatoms. The van der Waals surface area contributed by atoms with Crippen molar-refractivity contribution in [2.45, 2.75) is 84.4 Å². The molecule has 0 radical (unpaired) electrons. The lowest BCUT2D eigenvalue weighted by atomic mass is 10.0. The summed E-state index contributed by atoms with van der Waals surface area (Å²) < 4.78 is 5.71. The van der Waals surface area contributed by atoms with E-state index >= 15 is 0 Å². The Labute approximate surface area is 214 Å². The van der Waals surface area contributed by atoms with Crippen molar-refractivity contribution in [1.82, 2.24) is 20.1 Å². The predicted octanol–water partition coefficient (Wildman–Crippen LogP) is 5.07. The number of hydrogen-bond acceptors (Lipinski definition) is 5. The minimum atomic E-state index is -0.462. The summed E-state index contributed by atoms with van der Waals surface area (Å²) in [6.07, 6.45) is 4.15. The molecule has 0 unspecified atom stereocenters. The fourth-order valence-electron chi connectivity index (χ4n) is 3.83. The predicted molar refractivity (Wildman–Crippen MR) is 142 cm³/mol. The highest BCUT2D eigenvalue weighted by Gasteiger charge is 2.35. The molecule has 0 aromatic carbocycles. The molecule has 1 N–H and O–H groups in total. The van der Waals surface area contributed by atoms with Crippen LogP contribution in [-0.4, -0.2) is 65.2 Å². The quantitative estimate of drug-likeness (QED) is 0.291. The highest BCUT2D eigenvalue weighted by Crippen LogP contribution is 2.32. The van der Waals surface area contributed by atoms with Gasteiger partial charge in [0, 0.05) is 44.0 Å². The van der Waals surface area contributed by atoms with Crippen molar-refractivity contribution in [2.75, 3.05) is 26.7 Å². The van der Waals surface area contributed by atoms with E-state index in [0.29, 0.717) is 18.4 Å². The van der Waals surface area contributed by atoms with Crippen LogP contribution in [0.2, 0.25) is 0 Å². The second-order valence-electron chi connectivity index (χ2n) is 10.0. The summed E-state index contributed by atoms with van der Waals surface area (Å²) in [5.41, 5.74) is 0.599. The summed E-state index contributed by atoms with van der Waals surface area (Å²) in [5, 5.41) is 6.76. The number of carbonyl (C=O) groups excluding carboxylic acids is 1. The molecule has 1 saturated heterocycles. The number of ether oxygens (including phenoxy) is 1. The second-order valence-corrected chi connectivity index (χ2v) is 10.9. The zero-order valence-electron chi connectivity index (χ0n) is 20.4. The molecule has 0 spiro atoms. The molecule has 1 aromatic heterocycles.